The molecule has 0 radical (unpaired) electrons. The Morgan fingerprint density at radius 1 is 1.44 bits per heavy atom. The van der Waals surface area contributed by atoms with E-state index in [1.54, 1.807) is 17.6 Å². The van der Waals surface area contributed by atoms with Crippen molar-refractivity contribution >= 4 is 29.3 Å². The number of thioether (sulfide) groups is 1. The van der Waals surface area contributed by atoms with Gasteiger partial charge in [0.1, 0.15) is 5.70 Å². The maximum atomic E-state index is 12.3. The first kappa shape index (κ1) is 18.0. The number of hydrogen-bond acceptors (Lipinski definition) is 6. The summed E-state index contributed by atoms with van der Waals surface area (Å²) in [6.45, 7) is 3.50. The third-order valence-electron chi connectivity index (χ3n) is 5.21. The lowest BCUT2D eigenvalue weighted by atomic mass is 9.79. The van der Waals surface area contributed by atoms with E-state index in [9.17, 15) is 19.8 Å². The quantitative estimate of drug-likeness (QED) is 0.715. The number of carbonyl (C=O) groups is 2. The topological polar surface area (TPSA) is 108 Å². The van der Waals surface area contributed by atoms with Gasteiger partial charge in [-0.15, -0.1) is 11.8 Å². The molecule has 8 nitrogen and oxygen atoms in total. The maximum absolute atomic E-state index is 12.3. The number of amides is 1. The molecule has 1 amide bonds. The average Bonchev–Trinajstić information content (AvgIpc) is 3.12. The van der Waals surface area contributed by atoms with Gasteiger partial charge in [-0.1, -0.05) is 6.92 Å². The van der Waals surface area contributed by atoms with E-state index in [0.717, 1.165) is 11.3 Å². The fourth-order valence-electron chi connectivity index (χ4n) is 3.98. The van der Waals surface area contributed by atoms with Crippen LogP contribution >= 0.6 is 11.8 Å². The number of carboxylic acids is 1. The van der Waals surface area contributed by atoms with E-state index in [1.165, 1.54) is 16.7 Å². The highest BCUT2D eigenvalue weighted by Gasteiger charge is 2.59. The lowest BCUT2D eigenvalue weighted by molar-refractivity contribution is -0.163. The fraction of sp³-hybridized carbons (Fsp3) is 0.444. The molecule has 2 aromatic rings. The monoisotopic (exact) mass is 388 g/mol. The van der Waals surface area contributed by atoms with Crippen molar-refractivity contribution in [2.45, 2.75) is 32.4 Å². The van der Waals surface area contributed by atoms with E-state index >= 15 is 0 Å². The molecule has 2 aliphatic heterocycles. The highest BCUT2D eigenvalue weighted by atomic mass is 32.2. The van der Waals surface area contributed by atoms with Crippen LogP contribution in [-0.2, 0) is 16.0 Å². The number of aliphatic hydroxyl groups is 1. The number of carbonyl (C=O) groups excluding carboxylic acids is 1. The summed E-state index contributed by atoms with van der Waals surface area (Å²) < 4.78 is 1.71. The van der Waals surface area contributed by atoms with E-state index in [-0.39, 0.29) is 23.6 Å². The Labute approximate surface area is 159 Å². The van der Waals surface area contributed by atoms with Crippen LogP contribution in [-0.4, -0.2) is 59.5 Å². The molecule has 2 N–H and O–H groups in total. The molecule has 0 saturated carbocycles. The second-order valence-corrected chi connectivity index (χ2v) is 8.07. The standard InChI is InChI=1S/C18H20N4O4S/c1-9-14-13(10(2)23)17(24)22(14)15(18(25)26)16(9)27-7-5-11-8-21-12(20-11)4-3-6-19-21/h3-4,6,8-10,13-14,23H,5,7H2,1-2H3,(H,25,26)/t9-,10?,13?,14?/m1/s1. The molecule has 0 aromatic carbocycles. The molecule has 0 aliphatic carbocycles. The number of nitrogens with zero attached hydrogens (tertiary/aromatic N) is 4. The van der Waals surface area contributed by atoms with Gasteiger partial charge in [0.25, 0.3) is 0 Å². The molecule has 3 unspecified atom stereocenters. The predicted octanol–water partition coefficient (Wildman–Crippen LogP) is 1.16. The van der Waals surface area contributed by atoms with E-state index in [1.807, 2.05) is 25.3 Å². The zero-order valence-electron chi connectivity index (χ0n) is 14.9. The van der Waals surface area contributed by atoms with Gasteiger partial charge in [0.15, 0.2) is 5.65 Å². The number of aliphatic hydroxyl groups excluding tert-OH is 1. The summed E-state index contributed by atoms with van der Waals surface area (Å²) in [5.74, 6) is -1.39. The summed E-state index contributed by atoms with van der Waals surface area (Å²) in [5.41, 5.74) is 1.72. The number of carboxylic acid groups (broad SMARTS) is 1. The lowest BCUT2D eigenvalue weighted by Gasteiger charge is -2.46. The molecule has 1 fully saturated rings. The van der Waals surface area contributed by atoms with Crippen LogP contribution in [0.1, 0.15) is 19.5 Å². The Hall–Kier alpha value is -2.39. The molecule has 1 saturated heterocycles. The van der Waals surface area contributed by atoms with Crippen LogP contribution in [0.3, 0.4) is 0 Å². The predicted molar refractivity (Wildman–Crippen MR) is 98.8 cm³/mol. The van der Waals surface area contributed by atoms with Gasteiger partial charge in [-0.05, 0) is 19.1 Å². The van der Waals surface area contributed by atoms with Crippen LogP contribution in [0.25, 0.3) is 5.65 Å². The van der Waals surface area contributed by atoms with Crippen LogP contribution in [0.2, 0.25) is 0 Å². The van der Waals surface area contributed by atoms with Gasteiger partial charge < -0.3 is 15.1 Å². The molecule has 142 valence electrons. The van der Waals surface area contributed by atoms with Crippen molar-refractivity contribution in [2.75, 3.05) is 5.75 Å². The third kappa shape index (κ3) is 2.81. The van der Waals surface area contributed by atoms with Crippen molar-refractivity contribution in [2.24, 2.45) is 11.8 Å². The highest BCUT2D eigenvalue weighted by molar-refractivity contribution is 8.03. The molecule has 2 aromatic heterocycles. The number of aromatic nitrogens is 3. The van der Waals surface area contributed by atoms with Gasteiger partial charge in [0, 0.05) is 29.2 Å². The smallest absolute Gasteiger partial charge is 0.353 e. The largest absolute Gasteiger partial charge is 0.477 e. The van der Waals surface area contributed by atoms with E-state index in [0.29, 0.717) is 17.1 Å². The number of aryl methyl sites for hydroxylation is 1. The van der Waals surface area contributed by atoms with Gasteiger partial charge in [-0.25, -0.2) is 14.3 Å². The van der Waals surface area contributed by atoms with Crippen molar-refractivity contribution in [3.63, 3.8) is 0 Å². The molecule has 9 heteroatoms. The minimum Gasteiger partial charge on any atom is -0.477 e. The van der Waals surface area contributed by atoms with Crippen molar-refractivity contribution in [1.82, 2.24) is 19.5 Å². The van der Waals surface area contributed by atoms with Crippen LogP contribution in [0, 0.1) is 11.8 Å². The van der Waals surface area contributed by atoms with E-state index in [4.69, 9.17) is 0 Å². The van der Waals surface area contributed by atoms with Crippen molar-refractivity contribution in [3.05, 3.63) is 40.8 Å². The Morgan fingerprint density at radius 3 is 2.89 bits per heavy atom. The minimum absolute atomic E-state index is 0.0658. The molecule has 0 bridgehead atoms. The SMILES string of the molecule is CC(O)C1C(=O)N2C(C(=O)O)=C(SCCc3cn4ncccc4n3)[C@H](C)C12. The molecular formula is C18H20N4O4S. The molecule has 4 heterocycles. The summed E-state index contributed by atoms with van der Waals surface area (Å²) in [4.78, 5) is 30.6. The van der Waals surface area contributed by atoms with Crippen LogP contribution in [0.15, 0.2) is 35.1 Å². The van der Waals surface area contributed by atoms with Crippen LogP contribution in [0.5, 0.6) is 0 Å². The van der Waals surface area contributed by atoms with Gasteiger partial charge in [0.05, 0.1) is 30.0 Å². The summed E-state index contributed by atoms with van der Waals surface area (Å²) in [7, 11) is 0. The zero-order chi connectivity index (χ0) is 19.3. The van der Waals surface area contributed by atoms with E-state index < -0.39 is 18.0 Å². The van der Waals surface area contributed by atoms with Gasteiger partial charge >= 0.3 is 5.97 Å². The first-order valence-corrected chi connectivity index (χ1v) is 9.79. The average molecular weight is 388 g/mol. The Bertz CT molecular complexity index is 921. The summed E-state index contributed by atoms with van der Waals surface area (Å²) >= 11 is 1.45. The van der Waals surface area contributed by atoms with Crippen molar-refractivity contribution in [1.29, 1.82) is 0 Å². The van der Waals surface area contributed by atoms with Gasteiger partial charge in [-0.2, -0.15) is 5.10 Å². The Morgan fingerprint density at radius 2 is 2.22 bits per heavy atom. The van der Waals surface area contributed by atoms with Crippen molar-refractivity contribution < 1.29 is 19.8 Å². The highest BCUT2D eigenvalue weighted by Crippen LogP contribution is 2.50. The number of imidazole rings is 1. The second-order valence-electron chi connectivity index (χ2n) is 6.93. The third-order valence-corrected chi connectivity index (χ3v) is 6.50. The van der Waals surface area contributed by atoms with Gasteiger partial charge in [0.2, 0.25) is 5.91 Å². The fourth-order valence-corrected chi connectivity index (χ4v) is 5.24. The van der Waals surface area contributed by atoms with Gasteiger partial charge in [-0.3, -0.25) is 4.79 Å². The Kier molecular flexibility index (Phi) is 4.43. The van der Waals surface area contributed by atoms with E-state index in [2.05, 4.69) is 10.1 Å². The summed E-state index contributed by atoms with van der Waals surface area (Å²) in [6.07, 6.45) is 3.43. The zero-order valence-corrected chi connectivity index (χ0v) is 15.8. The maximum Gasteiger partial charge on any atom is 0.353 e. The lowest BCUT2D eigenvalue weighted by Crippen LogP contribution is -2.63. The number of fused-ring (bicyclic) bond motifs is 2. The van der Waals surface area contributed by atoms with Crippen LogP contribution < -0.4 is 0 Å². The van der Waals surface area contributed by atoms with Crippen molar-refractivity contribution in [3.8, 4) is 0 Å². The molecule has 0 spiro atoms. The molecule has 4 rings (SSSR count). The normalized spacial score (nSPS) is 25.7. The molecular weight excluding hydrogens is 368 g/mol. The molecule has 2 aliphatic rings. The summed E-state index contributed by atoms with van der Waals surface area (Å²) in [6, 6.07) is 3.43. The Balaban J connectivity index is 1.50. The molecule has 4 atom stereocenters. The first-order valence-electron chi connectivity index (χ1n) is 8.81. The molecule has 27 heavy (non-hydrogen) atoms. The van der Waals surface area contributed by atoms with Crippen LogP contribution in [0.4, 0.5) is 0 Å². The number of β-lactam (4-membered cyclic amide) rings is 1. The summed E-state index contributed by atoms with van der Waals surface area (Å²) in [5, 5.41) is 23.7. The second kappa shape index (κ2) is 6.65. The number of rotatable bonds is 6. The number of hydrogen-bond donors (Lipinski definition) is 2. The first-order chi connectivity index (χ1) is 12.9. The minimum atomic E-state index is -1.10. The number of aliphatic carboxylic acids is 1.